The van der Waals surface area contributed by atoms with Crippen molar-refractivity contribution in [2.75, 3.05) is 38.8 Å². The van der Waals surface area contributed by atoms with Gasteiger partial charge in [-0.3, -0.25) is 0 Å². The van der Waals surface area contributed by atoms with Crippen molar-refractivity contribution in [3.63, 3.8) is 0 Å². The monoisotopic (exact) mass is 556 g/mol. The fourth-order valence-electron chi connectivity index (χ4n) is 5.94. The summed E-state index contributed by atoms with van der Waals surface area (Å²) in [5.74, 6) is 1.42. The summed E-state index contributed by atoms with van der Waals surface area (Å²) in [6.07, 6.45) is 2.73. The highest BCUT2D eigenvalue weighted by atomic mass is 35.5. The predicted molar refractivity (Wildman–Crippen MR) is 156 cm³/mol. The molecule has 1 atom stereocenters. The van der Waals surface area contributed by atoms with Crippen molar-refractivity contribution >= 4 is 28.7 Å². The molecule has 1 spiro atoms. The SMILES string of the molecule is CCC[C@@H](O)COc1ccc(Cl)c(-c2nc(C(C(C)=N)=C(C)C)c(C)c(N3CC4(C3)CC(OC)(OC)C4)n2)c1. The number of nitrogens with one attached hydrogen (secondary N) is 1. The van der Waals surface area contributed by atoms with Gasteiger partial charge in [0, 0.05) is 68.0 Å². The molecule has 2 aliphatic rings. The fourth-order valence-corrected chi connectivity index (χ4v) is 6.14. The summed E-state index contributed by atoms with van der Waals surface area (Å²) in [6, 6.07) is 5.39. The van der Waals surface area contributed by atoms with Gasteiger partial charge in [0.05, 0.1) is 16.8 Å². The van der Waals surface area contributed by atoms with E-state index >= 15 is 0 Å². The van der Waals surface area contributed by atoms with Crippen LogP contribution in [0.3, 0.4) is 0 Å². The van der Waals surface area contributed by atoms with Crippen LogP contribution in [-0.4, -0.2) is 66.6 Å². The van der Waals surface area contributed by atoms with E-state index in [1.54, 1.807) is 33.3 Å². The first-order valence-electron chi connectivity index (χ1n) is 13.5. The number of aromatic nitrogens is 2. The number of hydrogen-bond donors (Lipinski definition) is 2. The van der Waals surface area contributed by atoms with Crippen LogP contribution in [0.5, 0.6) is 5.75 Å². The summed E-state index contributed by atoms with van der Waals surface area (Å²) >= 11 is 6.68. The third kappa shape index (κ3) is 5.85. The number of allylic oxidation sites excluding steroid dienone is 2. The lowest BCUT2D eigenvalue weighted by molar-refractivity contribution is -0.301. The summed E-state index contributed by atoms with van der Waals surface area (Å²) in [6.45, 7) is 11.7. The van der Waals surface area contributed by atoms with E-state index in [0.717, 1.165) is 60.6 Å². The molecule has 1 saturated heterocycles. The van der Waals surface area contributed by atoms with Crippen LogP contribution in [0, 0.1) is 17.7 Å². The largest absolute Gasteiger partial charge is 0.491 e. The zero-order valence-electron chi connectivity index (χ0n) is 24.2. The highest BCUT2D eigenvalue weighted by Gasteiger charge is 2.61. The second kappa shape index (κ2) is 11.5. The molecule has 1 aromatic carbocycles. The molecule has 2 fully saturated rings. The molecule has 39 heavy (non-hydrogen) atoms. The van der Waals surface area contributed by atoms with E-state index in [-0.39, 0.29) is 12.0 Å². The molecule has 0 amide bonds. The van der Waals surface area contributed by atoms with Gasteiger partial charge in [0.15, 0.2) is 11.6 Å². The molecule has 2 N–H and O–H groups in total. The highest BCUT2D eigenvalue weighted by Crippen LogP contribution is 2.56. The lowest BCUT2D eigenvalue weighted by Gasteiger charge is -2.63. The van der Waals surface area contributed by atoms with Crippen LogP contribution in [0.1, 0.15) is 64.6 Å². The summed E-state index contributed by atoms with van der Waals surface area (Å²) in [5.41, 5.74) is 4.73. The van der Waals surface area contributed by atoms with Crippen molar-refractivity contribution in [1.29, 1.82) is 5.41 Å². The maximum Gasteiger partial charge on any atom is 0.168 e. The average Bonchev–Trinajstić information content (AvgIpc) is 2.84. The van der Waals surface area contributed by atoms with Crippen molar-refractivity contribution in [2.45, 2.75) is 72.2 Å². The number of methoxy groups -OCH3 is 2. The van der Waals surface area contributed by atoms with Gasteiger partial charge in [0.1, 0.15) is 18.2 Å². The molecule has 0 radical (unpaired) electrons. The first kappa shape index (κ1) is 29.5. The number of nitrogens with zero attached hydrogens (tertiary/aromatic N) is 3. The van der Waals surface area contributed by atoms with Crippen LogP contribution in [0.4, 0.5) is 5.82 Å². The number of rotatable bonds is 11. The third-order valence-corrected chi connectivity index (χ3v) is 8.19. The maximum absolute atomic E-state index is 10.1. The Morgan fingerprint density at radius 1 is 1.15 bits per heavy atom. The third-order valence-electron chi connectivity index (χ3n) is 7.86. The number of hydrogen-bond acceptors (Lipinski definition) is 8. The lowest BCUT2D eigenvalue weighted by Crippen LogP contribution is -2.69. The summed E-state index contributed by atoms with van der Waals surface area (Å²) < 4.78 is 17.1. The number of aliphatic hydroxyl groups excluding tert-OH is 1. The molecule has 0 bridgehead atoms. The van der Waals surface area contributed by atoms with E-state index in [1.807, 2.05) is 33.8 Å². The quantitative estimate of drug-likeness (QED) is 0.256. The first-order chi connectivity index (χ1) is 18.5. The number of anilines is 1. The molecule has 1 aromatic heterocycles. The molecule has 9 heteroatoms. The van der Waals surface area contributed by atoms with Crippen molar-refractivity contribution < 1.29 is 19.3 Å². The van der Waals surface area contributed by atoms with Crippen LogP contribution in [0.15, 0.2) is 23.8 Å². The Morgan fingerprint density at radius 3 is 2.38 bits per heavy atom. The molecule has 8 nitrogen and oxygen atoms in total. The topological polar surface area (TPSA) is 101 Å². The van der Waals surface area contributed by atoms with E-state index in [4.69, 9.17) is 41.2 Å². The second-order valence-corrected chi connectivity index (χ2v) is 11.7. The normalized spacial score (nSPS) is 17.8. The number of benzene rings is 1. The molecule has 4 rings (SSSR count). The molecule has 1 aliphatic heterocycles. The van der Waals surface area contributed by atoms with Crippen LogP contribution < -0.4 is 9.64 Å². The van der Waals surface area contributed by atoms with Crippen molar-refractivity contribution in [1.82, 2.24) is 9.97 Å². The molecular weight excluding hydrogens is 516 g/mol. The zero-order valence-corrected chi connectivity index (χ0v) is 24.9. The molecular formula is C30H41ClN4O4. The number of ether oxygens (including phenoxy) is 3. The Hall–Kier alpha value is -2.52. The first-order valence-corrected chi connectivity index (χ1v) is 13.9. The van der Waals surface area contributed by atoms with Gasteiger partial charge in [-0.2, -0.15) is 0 Å². The minimum absolute atomic E-state index is 0.144. The highest BCUT2D eigenvalue weighted by molar-refractivity contribution is 6.33. The Balaban J connectivity index is 1.72. The van der Waals surface area contributed by atoms with Gasteiger partial charge < -0.3 is 29.6 Å². The van der Waals surface area contributed by atoms with Crippen LogP contribution in [0.25, 0.3) is 17.0 Å². The molecule has 2 heterocycles. The van der Waals surface area contributed by atoms with Gasteiger partial charge in [-0.05, 0) is 52.3 Å². The van der Waals surface area contributed by atoms with Crippen molar-refractivity contribution in [2.24, 2.45) is 5.41 Å². The molecule has 212 valence electrons. The Labute approximate surface area is 236 Å². The number of halogens is 1. The molecule has 1 saturated carbocycles. The van der Waals surface area contributed by atoms with E-state index in [0.29, 0.717) is 34.3 Å². The maximum atomic E-state index is 10.1. The summed E-state index contributed by atoms with van der Waals surface area (Å²) in [5, 5.41) is 19.1. The minimum atomic E-state index is -0.529. The van der Waals surface area contributed by atoms with Gasteiger partial charge in [-0.15, -0.1) is 0 Å². The van der Waals surface area contributed by atoms with Gasteiger partial charge in [-0.25, -0.2) is 9.97 Å². The predicted octanol–water partition coefficient (Wildman–Crippen LogP) is 6.07. The van der Waals surface area contributed by atoms with Crippen LogP contribution in [0.2, 0.25) is 5.02 Å². The minimum Gasteiger partial charge on any atom is -0.491 e. The van der Waals surface area contributed by atoms with Gasteiger partial charge >= 0.3 is 0 Å². The zero-order chi connectivity index (χ0) is 28.5. The van der Waals surface area contributed by atoms with E-state index in [9.17, 15) is 5.11 Å². The summed E-state index contributed by atoms with van der Waals surface area (Å²) in [7, 11) is 3.40. The van der Waals surface area contributed by atoms with E-state index in [2.05, 4.69) is 4.90 Å². The molecule has 2 aromatic rings. The average molecular weight is 557 g/mol. The van der Waals surface area contributed by atoms with Crippen LogP contribution >= 0.6 is 11.6 Å². The van der Waals surface area contributed by atoms with Crippen molar-refractivity contribution in [3.05, 3.63) is 40.1 Å². The Bertz CT molecular complexity index is 1250. The van der Waals surface area contributed by atoms with Crippen molar-refractivity contribution in [3.8, 4) is 17.1 Å². The van der Waals surface area contributed by atoms with Gasteiger partial charge in [-0.1, -0.05) is 30.5 Å². The Morgan fingerprint density at radius 2 is 1.82 bits per heavy atom. The second-order valence-electron chi connectivity index (χ2n) is 11.3. The number of aliphatic hydroxyl groups is 1. The molecule has 1 aliphatic carbocycles. The molecule has 0 unspecified atom stereocenters. The van der Waals surface area contributed by atoms with E-state index < -0.39 is 11.9 Å². The summed E-state index contributed by atoms with van der Waals surface area (Å²) in [4.78, 5) is 12.3. The van der Waals surface area contributed by atoms with Gasteiger partial charge in [0.2, 0.25) is 0 Å². The lowest BCUT2D eigenvalue weighted by atomic mass is 9.59. The van der Waals surface area contributed by atoms with Gasteiger partial charge in [0.25, 0.3) is 0 Å². The Kier molecular flexibility index (Phi) is 8.71. The smallest absolute Gasteiger partial charge is 0.168 e. The fraction of sp³-hybridized carbons (Fsp3) is 0.567. The van der Waals surface area contributed by atoms with E-state index in [1.165, 1.54) is 0 Å². The standard InChI is InChI=1S/C30H41ClN4O4/c1-8-9-21(36)13-39-22-10-11-24(31)23(12-22)27-33-26(25(18(2)3)20(5)32)19(4)28(34-27)35-16-29(17-35)14-30(15-29,37-6)38-7/h10-12,21,32,36H,8-9,13-17H2,1-7H3/t21-/m1/s1. The van der Waals surface area contributed by atoms with Crippen LogP contribution in [-0.2, 0) is 9.47 Å².